The van der Waals surface area contributed by atoms with Crippen molar-refractivity contribution in [1.82, 2.24) is 5.32 Å². The summed E-state index contributed by atoms with van der Waals surface area (Å²) in [4.78, 5) is 12.6. The van der Waals surface area contributed by atoms with Crippen molar-refractivity contribution in [3.8, 4) is 0 Å². The van der Waals surface area contributed by atoms with Crippen LogP contribution in [0, 0.1) is 0 Å². The lowest BCUT2D eigenvalue weighted by atomic mass is 9.87. The first kappa shape index (κ1) is 16.0. The van der Waals surface area contributed by atoms with Gasteiger partial charge in [-0.1, -0.05) is 37.3 Å². The fourth-order valence-corrected chi connectivity index (χ4v) is 2.84. The Morgan fingerprint density at radius 3 is 2.71 bits per heavy atom. The topological polar surface area (TPSA) is 47.6 Å². The van der Waals surface area contributed by atoms with Crippen molar-refractivity contribution in [1.29, 1.82) is 0 Å². The Balaban J connectivity index is 2.20. The average molecular weight is 291 g/mol. The van der Waals surface area contributed by atoms with Crippen molar-refractivity contribution in [2.24, 2.45) is 0 Å². The molecule has 0 aliphatic carbocycles. The summed E-state index contributed by atoms with van der Waals surface area (Å²) in [5.41, 5.74) is 0.160. The lowest BCUT2D eigenvalue weighted by Gasteiger charge is -2.33. The van der Waals surface area contributed by atoms with Gasteiger partial charge in [-0.05, 0) is 31.7 Å². The second-order valence-corrected chi connectivity index (χ2v) is 5.36. The molecule has 1 N–H and O–H groups in total. The van der Waals surface area contributed by atoms with Crippen LogP contribution in [0.3, 0.4) is 0 Å². The molecule has 116 valence electrons. The molecule has 0 amide bonds. The number of nitrogens with one attached hydrogen (secondary N) is 1. The molecule has 0 radical (unpaired) electrons. The molecule has 2 unspecified atom stereocenters. The molecule has 1 aliphatic heterocycles. The van der Waals surface area contributed by atoms with E-state index >= 15 is 0 Å². The number of carbonyl (C=O) groups excluding carboxylic acids is 1. The number of carbonyl (C=O) groups is 1. The highest BCUT2D eigenvalue weighted by Crippen LogP contribution is 2.27. The standard InChI is InChI=1S/C17H25NO3/c1-3-17(16(19)20-4-2,14-9-6-5-7-10-14)18-13-15-11-8-12-21-15/h5-7,9-10,15,18H,3-4,8,11-13H2,1-2H3. The molecule has 0 aromatic heterocycles. The van der Waals surface area contributed by atoms with Crippen molar-refractivity contribution in [2.45, 2.75) is 44.8 Å². The van der Waals surface area contributed by atoms with Crippen LogP contribution in [-0.2, 0) is 19.8 Å². The van der Waals surface area contributed by atoms with Crippen LogP contribution < -0.4 is 5.32 Å². The van der Waals surface area contributed by atoms with E-state index in [9.17, 15) is 4.79 Å². The maximum Gasteiger partial charge on any atom is 0.330 e. The molecule has 1 heterocycles. The summed E-state index contributed by atoms with van der Waals surface area (Å²) in [5.74, 6) is -0.211. The third kappa shape index (κ3) is 3.63. The molecule has 0 spiro atoms. The number of ether oxygens (including phenoxy) is 2. The average Bonchev–Trinajstić information content (AvgIpc) is 3.03. The van der Waals surface area contributed by atoms with Crippen LogP contribution in [0.25, 0.3) is 0 Å². The number of hydrogen-bond donors (Lipinski definition) is 1. The Hall–Kier alpha value is -1.39. The van der Waals surface area contributed by atoms with Gasteiger partial charge in [-0.2, -0.15) is 0 Å². The first-order valence-electron chi connectivity index (χ1n) is 7.82. The van der Waals surface area contributed by atoms with Crippen molar-refractivity contribution in [3.63, 3.8) is 0 Å². The summed E-state index contributed by atoms with van der Waals surface area (Å²) >= 11 is 0. The van der Waals surface area contributed by atoms with Crippen molar-refractivity contribution < 1.29 is 14.3 Å². The zero-order valence-electron chi connectivity index (χ0n) is 12.9. The van der Waals surface area contributed by atoms with Crippen molar-refractivity contribution >= 4 is 5.97 Å². The molecule has 0 bridgehead atoms. The van der Waals surface area contributed by atoms with Gasteiger partial charge in [0.25, 0.3) is 0 Å². The molecule has 4 nitrogen and oxygen atoms in total. The molecule has 2 rings (SSSR count). The highest BCUT2D eigenvalue weighted by Gasteiger charge is 2.40. The summed E-state index contributed by atoms with van der Waals surface area (Å²) in [6.45, 7) is 5.71. The highest BCUT2D eigenvalue weighted by molar-refractivity contribution is 5.82. The van der Waals surface area contributed by atoms with Crippen LogP contribution in [0.4, 0.5) is 0 Å². The van der Waals surface area contributed by atoms with Crippen LogP contribution >= 0.6 is 0 Å². The Bertz CT molecular complexity index is 443. The minimum Gasteiger partial charge on any atom is -0.464 e. The summed E-state index contributed by atoms with van der Waals surface area (Å²) in [5, 5.41) is 3.43. The zero-order chi connectivity index (χ0) is 15.1. The molecule has 1 aromatic carbocycles. The maximum absolute atomic E-state index is 12.6. The first-order chi connectivity index (χ1) is 10.2. The number of hydrogen-bond acceptors (Lipinski definition) is 4. The molecule has 1 fully saturated rings. The van der Waals surface area contributed by atoms with E-state index in [4.69, 9.17) is 9.47 Å². The fourth-order valence-electron chi connectivity index (χ4n) is 2.84. The molecule has 1 aromatic rings. The van der Waals surface area contributed by atoms with Gasteiger partial charge in [0.05, 0.1) is 12.7 Å². The monoisotopic (exact) mass is 291 g/mol. The minimum absolute atomic E-state index is 0.189. The molecule has 0 saturated carbocycles. The van der Waals surface area contributed by atoms with Gasteiger partial charge in [-0.25, -0.2) is 4.79 Å². The van der Waals surface area contributed by atoms with E-state index in [0.717, 1.165) is 25.0 Å². The van der Waals surface area contributed by atoms with E-state index in [1.807, 2.05) is 44.2 Å². The van der Waals surface area contributed by atoms with Gasteiger partial charge in [-0.3, -0.25) is 5.32 Å². The Labute approximate surface area is 126 Å². The van der Waals surface area contributed by atoms with Gasteiger partial charge in [0.2, 0.25) is 0 Å². The SMILES string of the molecule is CCOC(=O)C(CC)(NCC1CCCO1)c1ccccc1. The van der Waals surface area contributed by atoms with Crippen molar-refractivity contribution in [3.05, 3.63) is 35.9 Å². The quantitative estimate of drug-likeness (QED) is 0.785. The third-order valence-corrected chi connectivity index (χ3v) is 4.08. The lowest BCUT2D eigenvalue weighted by molar-refractivity contribution is -0.152. The largest absolute Gasteiger partial charge is 0.464 e. The first-order valence-corrected chi connectivity index (χ1v) is 7.82. The zero-order valence-corrected chi connectivity index (χ0v) is 12.9. The summed E-state index contributed by atoms with van der Waals surface area (Å²) in [7, 11) is 0. The lowest BCUT2D eigenvalue weighted by Crippen LogP contribution is -2.52. The second-order valence-electron chi connectivity index (χ2n) is 5.36. The predicted molar refractivity (Wildman–Crippen MR) is 82.0 cm³/mol. The van der Waals surface area contributed by atoms with E-state index in [1.165, 1.54) is 0 Å². The van der Waals surface area contributed by atoms with Crippen LogP contribution in [-0.4, -0.2) is 31.8 Å². The molecule has 1 aliphatic rings. The summed E-state index contributed by atoms with van der Waals surface area (Å²) in [6.07, 6.45) is 2.97. The molecule has 4 heteroatoms. The predicted octanol–water partition coefficient (Wildman–Crippen LogP) is 2.62. The second kappa shape index (κ2) is 7.57. The van der Waals surface area contributed by atoms with Crippen LogP contribution in [0.5, 0.6) is 0 Å². The Morgan fingerprint density at radius 1 is 1.38 bits per heavy atom. The van der Waals surface area contributed by atoms with Gasteiger partial charge in [-0.15, -0.1) is 0 Å². The third-order valence-electron chi connectivity index (χ3n) is 4.08. The molecular formula is C17H25NO3. The minimum atomic E-state index is -0.788. The van der Waals surface area contributed by atoms with Gasteiger partial charge in [0.15, 0.2) is 0 Å². The van der Waals surface area contributed by atoms with E-state index in [1.54, 1.807) is 0 Å². The van der Waals surface area contributed by atoms with E-state index in [-0.39, 0.29) is 12.1 Å². The van der Waals surface area contributed by atoms with E-state index in [0.29, 0.717) is 19.6 Å². The van der Waals surface area contributed by atoms with Crippen LogP contribution in [0.1, 0.15) is 38.7 Å². The highest BCUT2D eigenvalue weighted by atomic mass is 16.5. The number of rotatable bonds is 7. The van der Waals surface area contributed by atoms with E-state index in [2.05, 4.69) is 5.32 Å². The van der Waals surface area contributed by atoms with Gasteiger partial charge in [0, 0.05) is 13.2 Å². The normalized spacial score (nSPS) is 21.0. The summed E-state index contributed by atoms with van der Waals surface area (Å²) in [6, 6.07) is 9.81. The molecule has 1 saturated heterocycles. The van der Waals surface area contributed by atoms with Crippen LogP contribution in [0.15, 0.2) is 30.3 Å². The maximum atomic E-state index is 12.6. The number of benzene rings is 1. The Kier molecular flexibility index (Phi) is 5.76. The fraction of sp³-hybridized carbons (Fsp3) is 0.588. The van der Waals surface area contributed by atoms with Crippen LogP contribution in [0.2, 0.25) is 0 Å². The Morgan fingerprint density at radius 2 is 2.14 bits per heavy atom. The van der Waals surface area contributed by atoms with Gasteiger partial charge >= 0.3 is 5.97 Å². The van der Waals surface area contributed by atoms with Gasteiger partial charge < -0.3 is 9.47 Å². The number of esters is 1. The summed E-state index contributed by atoms with van der Waals surface area (Å²) < 4.78 is 11.0. The van der Waals surface area contributed by atoms with Gasteiger partial charge in [0.1, 0.15) is 5.54 Å². The molecule has 2 atom stereocenters. The molecular weight excluding hydrogens is 266 g/mol. The van der Waals surface area contributed by atoms with Crippen molar-refractivity contribution in [2.75, 3.05) is 19.8 Å². The van der Waals surface area contributed by atoms with E-state index < -0.39 is 5.54 Å². The smallest absolute Gasteiger partial charge is 0.330 e. The molecule has 21 heavy (non-hydrogen) atoms.